The van der Waals surface area contributed by atoms with Crippen LogP contribution in [0.1, 0.15) is 39.2 Å². The van der Waals surface area contributed by atoms with Crippen molar-refractivity contribution < 1.29 is 19.0 Å². The van der Waals surface area contributed by atoms with Gasteiger partial charge in [0.25, 0.3) is 0 Å². The van der Waals surface area contributed by atoms with Crippen LogP contribution in [-0.2, 0) is 16.1 Å². The molecule has 1 unspecified atom stereocenters. The van der Waals surface area contributed by atoms with Crippen LogP contribution < -0.4 is 0 Å². The lowest BCUT2D eigenvalue weighted by Gasteiger charge is -2.47. The van der Waals surface area contributed by atoms with Gasteiger partial charge in [0.1, 0.15) is 12.0 Å². The molecule has 0 spiro atoms. The number of morpholine rings is 1. The first-order chi connectivity index (χ1) is 13.4. The van der Waals surface area contributed by atoms with Crippen LogP contribution in [0.25, 0.3) is 0 Å². The smallest absolute Gasteiger partial charge is 0.337 e. The summed E-state index contributed by atoms with van der Waals surface area (Å²) in [7, 11) is 0. The standard InChI is InChI=1S/C22H29FN2O3/c1-4-5-19-21(22(26)27)15(2)12-20(24-10-11-28-14-16(24)3)25(19)13-17-6-8-18(23)9-7-17/h6-9,12,16,20H,4-5,10-11,13-14H2,1-3H3,(H,26,27)/t16-,20?/m1/s1. The molecule has 1 fully saturated rings. The van der Waals surface area contributed by atoms with Crippen LogP contribution in [0.4, 0.5) is 4.39 Å². The van der Waals surface area contributed by atoms with Gasteiger partial charge in [0.2, 0.25) is 0 Å². The molecule has 0 saturated carbocycles. The van der Waals surface area contributed by atoms with E-state index in [4.69, 9.17) is 4.74 Å². The molecule has 0 bridgehead atoms. The molecule has 152 valence electrons. The number of carboxylic acid groups (broad SMARTS) is 1. The predicted molar refractivity (Wildman–Crippen MR) is 106 cm³/mol. The number of rotatable bonds is 6. The van der Waals surface area contributed by atoms with Gasteiger partial charge in [-0.1, -0.05) is 25.5 Å². The first kappa shape index (κ1) is 20.6. The van der Waals surface area contributed by atoms with Crippen molar-refractivity contribution in [1.29, 1.82) is 0 Å². The van der Waals surface area contributed by atoms with E-state index in [9.17, 15) is 14.3 Å². The van der Waals surface area contributed by atoms with Crippen molar-refractivity contribution >= 4 is 5.97 Å². The maximum atomic E-state index is 13.4. The van der Waals surface area contributed by atoms with Gasteiger partial charge >= 0.3 is 5.97 Å². The second kappa shape index (κ2) is 8.88. The van der Waals surface area contributed by atoms with Gasteiger partial charge in [0, 0.05) is 24.8 Å². The average molecular weight is 388 g/mol. The number of nitrogens with zero attached hydrogens (tertiary/aromatic N) is 2. The van der Waals surface area contributed by atoms with Gasteiger partial charge in [-0.15, -0.1) is 0 Å². The highest BCUT2D eigenvalue weighted by Gasteiger charge is 2.36. The van der Waals surface area contributed by atoms with Crippen LogP contribution in [0.15, 0.2) is 47.2 Å². The number of hydrogen-bond donors (Lipinski definition) is 1. The minimum absolute atomic E-state index is 0.0476. The Labute approximate surface area is 166 Å². The topological polar surface area (TPSA) is 53.0 Å². The molecule has 6 heteroatoms. The van der Waals surface area contributed by atoms with Gasteiger partial charge in [-0.2, -0.15) is 0 Å². The molecule has 3 rings (SSSR count). The zero-order valence-corrected chi connectivity index (χ0v) is 16.8. The zero-order chi connectivity index (χ0) is 20.3. The van der Waals surface area contributed by atoms with Gasteiger partial charge in [0.05, 0.1) is 18.8 Å². The Morgan fingerprint density at radius 3 is 2.64 bits per heavy atom. The number of ether oxygens (including phenoxy) is 1. The number of hydrogen-bond acceptors (Lipinski definition) is 4. The van der Waals surface area contributed by atoms with E-state index in [2.05, 4.69) is 23.6 Å². The number of benzene rings is 1. The Kier molecular flexibility index (Phi) is 6.52. The molecule has 1 N–H and O–H groups in total. The fourth-order valence-corrected chi connectivity index (χ4v) is 4.11. The first-order valence-corrected chi connectivity index (χ1v) is 9.92. The van der Waals surface area contributed by atoms with Crippen molar-refractivity contribution in [2.75, 3.05) is 19.8 Å². The average Bonchev–Trinajstić information content (AvgIpc) is 2.65. The lowest BCUT2D eigenvalue weighted by molar-refractivity contribution is -0.132. The predicted octanol–water partition coefficient (Wildman–Crippen LogP) is 3.77. The van der Waals surface area contributed by atoms with E-state index >= 15 is 0 Å². The molecule has 1 aromatic carbocycles. The fraction of sp³-hybridized carbons (Fsp3) is 0.500. The quantitative estimate of drug-likeness (QED) is 0.804. The molecule has 1 saturated heterocycles. The van der Waals surface area contributed by atoms with E-state index in [0.29, 0.717) is 31.8 Å². The Morgan fingerprint density at radius 2 is 2.04 bits per heavy atom. The monoisotopic (exact) mass is 388 g/mol. The molecule has 28 heavy (non-hydrogen) atoms. The SMILES string of the molecule is CCCC1=C(C(=O)O)C(C)=CC(N2CCOC[C@H]2C)N1Cc1ccc(F)cc1. The summed E-state index contributed by atoms with van der Waals surface area (Å²) in [6, 6.07) is 6.67. The summed E-state index contributed by atoms with van der Waals surface area (Å²) < 4.78 is 19.0. The van der Waals surface area contributed by atoms with Crippen LogP contribution in [0, 0.1) is 5.82 Å². The van der Waals surface area contributed by atoms with E-state index < -0.39 is 5.97 Å². The maximum absolute atomic E-state index is 13.4. The minimum Gasteiger partial charge on any atom is -0.478 e. The van der Waals surface area contributed by atoms with E-state index in [-0.39, 0.29) is 18.0 Å². The van der Waals surface area contributed by atoms with Gasteiger partial charge < -0.3 is 14.7 Å². The number of aliphatic carboxylic acids is 1. The molecule has 0 amide bonds. The van der Waals surface area contributed by atoms with Gasteiger partial charge in [-0.05, 0) is 49.6 Å². The molecule has 1 aromatic rings. The first-order valence-electron chi connectivity index (χ1n) is 9.92. The highest BCUT2D eigenvalue weighted by molar-refractivity contribution is 5.92. The maximum Gasteiger partial charge on any atom is 0.337 e. The van der Waals surface area contributed by atoms with Crippen molar-refractivity contribution in [3.63, 3.8) is 0 Å². The summed E-state index contributed by atoms with van der Waals surface area (Å²) in [5, 5.41) is 9.87. The number of halogens is 1. The van der Waals surface area contributed by atoms with Crippen LogP contribution in [0.5, 0.6) is 0 Å². The van der Waals surface area contributed by atoms with Crippen molar-refractivity contribution in [3.8, 4) is 0 Å². The van der Waals surface area contributed by atoms with Crippen molar-refractivity contribution in [2.24, 2.45) is 0 Å². The van der Waals surface area contributed by atoms with E-state index in [1.807, 2.05) is 13.0 Å². The van der Waals surface area contributed by atoms with Gasteiger partial charge in [0.15, 0.2) is 0 Å². The van der Waals surface area contributed by atoms with E-state index in [0.717, 1.165) is 29.8 Å². The second-order valence-electron chi connectivity index (χ2n) is 7.56. The second-order valence-corrected chi connectivity index (χ2v) is 7.56. The highest BCUT2D eigenvalue weighted by atomic mass is 19.1. The lowest BCUT2D eigenvalue weighted by atomic mass is 9.94. The molecule has 0 aromatic heterocycles. The third kappa shape index (κ3) is 4.28. The molecular formula is C22H29FN2O3. The molecule has 0 radical (unpaired) electrons. The van der Waals surface area contributed by atoms with Crippen molar-refractivity contribution in [1.82, 2.24) is 9.80 Å². The molecule has 5 nitrogen and oxygen atoms in total. The van der Waals surface area contributed by atoms with Crippen LogP contribution in [0.3, 0.4) is 0 Å². The van der Waals surface area contributed by atoms with Crippen LogP contribution >= 0.6 is 0 Å². The Bertz CT molecular complexity index is 772. The van der Waals surface area contributed by atoms with E-state index in [1.165, 1.54) is 12.1 Å². The fourth-order valence-electron chi connectivity index (χ4n) is 4.11. The summed E-state index contributed by atoms with van der Waals surface area (Å²) in [6.45, 7) is 8.72. The van der Waals surface area contributed by atoms with Crippen molar-refractivity contribution in [2.45, 2.75) is 52.4 Å². The molecule has 2 aliphatic heterocycles. The largest absolute Gasteiger partial charge is 0.478 e. The zero-order valence-electron chi connectivity index (χ0n) is 16.8. The summed E-state index contributed by atoms with van der Waals surface area (Å²) >= 11 is 0. The summed E-state index contributed by atoms with van der Waals surface area (Å²) in [6.07, 6.45) is 3.54. The Balaban J connectivity index is 2.03. The third-order valence-electron chi connectivity index (χ3n) is 5.47. The highest BCUT2D eigenvalue weighted by Crippen LogP contribution is 2.34. The molecule has 2 aliphatic rings. The van der Waals surface area contributed by atoms with Crippen LogP contribution in [-0.4, -0.2) is 52.8 Å². The summed E-state index contributed by atoms with van der Waals surface area (Å²) in [5.41, 5.74) is 3.00. The van der Waals surface area contributed by atoms with Crippen LogP contribution in [0.2, 0.25) is 0 Å². The Hall–Kier alpha value is -2.18. The number of carbonyl (C=O) groups is 1. The number of carboxylic acids is 1. The van der Waals surface area contributed by atoms with Crippen molar-refractivity contribution in [3.05, 3.63) is 58.6 Å². The van der Waals surface area contributed by atoms with Gasteiger partial charge in [-0.3, -0.25) is 4.90 Å². The van der Waals surface area contributed by atoms with Gasteiger partial charge in [-0.25, -0.2) is 9.18 Å². The molecule has 0 aliphatic carbocycles. The Morgan fingerprint density at radius 1 is 1.32 bits per heavy atom. The number of allylic oxidation sites excluding steroid dienone is 1. The third-order valence-corrected chi connectivity index (χ3v) is 5.47. The van der Waals surface area contributed by atoms with E-state index in [1.54, 1.807) is 12.1 Å². The summed E-state index contributed by atoms with van der Waals surface area (Å²) in [5.74, 6) is -1.16. The molecule has 2 atom stereocenters. The lowest BCUT2D eigenvalue weighted by Crippen LogP contribution is -2.56. The minimum atomic E-state index is -0.894. The normalized spacial score (nSPS) is 23.7. The molecule has 2 heterocycles. The molecular weight excluding hydrogens is 359 g/mol. The summed E-state index contributed by atoms with van der Waals surface area (Å²) in [4.78, 5) is 16.6.